The second kappa shape index (κ2) is 9.06. The maximum absolute atomic E-state index is 12.2. The predicted octanol–water partition coefficient (Wildman–Crippen LogP) is 4.39. The van der Waals surface area contributed by atoms with Crippen LogP contribution >= 0.6 is 11.6 Å². The summed E-state index contributed by atoms with van der Waals surface area (Å²) in [4.78, 5) is 16.6. The third kappa shape index (κ3) is 5.11. The van der Waals surface area contributed by atoms with Crippen molar-refractivity contribution < 1.29 is 14.3 Å². The lowest BCUT2D eigenvalue weighted by atomic mass is 10.1. The molecule has 0 bridgehead atoms. The monoisotopic (exact) mass is 391 g/mol. The first-order valence-electron chi connectivity index (χ1n) is 8.78. The van der Waals surface area contributed by atoms with E-state index in [0.717, 1.165) is 17.5 Å². The average Bonchev–Trinajstić information content (AvgIpc) is 2.56. The topological polar surface area (TPSA) is 86.5 Å². The Kier molecular flexibility index (Phi) is 7.05. The van der Waals surface area contributed by atoms with Gasteiger partial charge >= 0.3 is 0 Å². The second-order valence-electron chi connectivity index (χ2n) is 6.53. The van der Waals surface area contributed by atoms with Gasteiger partial charge in [-0.3, -0.25) is 4.79 Å². The lowest BCUT2D eigenvalue weighted by molar-refractivity contribution is 0.0998. The van der Waals surface area contributed by atoms with Crippen LogP contribution in [0.1, 0.15) is 40.5 Å². The molecule has 6 nitrogen and oxygen atoms in total. The normalized spacial score (nSPS) is 11.9. The molecule has 2 rings (SSSR count). The standard InChI is InChI=1S/C20H26ClN3O3/c1-6-15(10-26-5)24-16-9-13(4)23-20(17(16)19(22)25)27-18-11(2)7-14(21)8-12(18)3/h7-9,15H,6,10H2,1-5H3,(H2,22,25)(H,23,24). The number of aryl methyl sites for hydroxylation is 3. The predicted molar refractivity (Wildman–Crippen MR) is 108 cm³/mol. The Labute approximate surface area is 165 Å². The number of primary amides is 1. The van der Waals surface area contributed by atoms with E-state index in [0.29, 0.717) is 28.8 Å². The fraction of sp³-hybridized carbons (Fsp3) is 0.400. The van der Waals surface area contributed by atoms with Crippen molar-refractivity contribution in [3.8, 4) is 11.6 Å². The summed E-state index contributed by atoms with van der Waals surface area (Å²) in [6.45, 7) is 8.15. The maximum Gasteiger partial charge on any atom is 0.256 e. The Bertz CT molecular complexity index is 816. The van der Waals surface area contributed by atoms with Crippen LogP contribution < -0.4 is 15.8 Å². The third-order valence-corrected chi connectivity index (χ3v) is 4.42. The molecule has 146 valence electrons. The van der Waals surface area contributed by atoms with Crippen molar-refractivity contribution in [2.45, 2.75) is 40.2 Å². The van der Waals surface area contributed by atoms with Crippen molar-refractivity contribution in [3.05, 3.63) is 45.6 Å². The Morgan fingerprint density at radius 1 is 1.26 bits per heavy atom. The fourth-order valence-corrected chi connectivity index (χ4v) is 3.24. The minimum atomic E-state index is -0.614. The van der Waals surface area contributed by atoms with Gasteiger partial charge in [-0.15, -0.1) is 0 Å². The van der Waals surface area contributed by atoms with E-state index in [1.54, 1.807) is 25.3 Å². The Balaban J connectivity index is 2.52. The summed E-state index contributed by atoms with van der Waals surface area (Å²) in [6.07, 6.45) is 0.818. The molecule has 1 aromatic carbocycles. The number of carbonyl (C=O) groups is 1. The number of hydrogen-bond acceptors (Lipinski definition) is 5. The van der Waals surface area contributed by atoms with E-state index in [1.165, 1.54) is 0 Å². The highest BCUT2D eigenvalue weighted by Gasteiger charge is 2.21. The van der Waals surface area contributed by atoms with E-state index in [1.807, 2.05) is 27.7 Å². The molecule has 1 atom stereocenters. The fourth-order valence-electron chi connectivity index (χ4n) is 2.91. The highest BCUT2D eigenvalue weighted by atomic mass is 35.5. The summed E-state index contributed by atoms with van der Waals surface area (Å²) in [5.74, 6) is 0.164. The SMILES string of the molecule is CCC(COC)Nc1cc(C)nc(Oc2c(C)cc(Cl)cc2C)c1C(N)=O. The minimum Gasteiger partial charge on any atom is -0.438 e. The molecule has 3 N–H and O–H groups in total. The number of hydrogen-bond donors (Lipinski definition) is 2. The molecule has 1 aromatic heterocycles. The summed E-state index contributed by atoms with van der Waals surface area (Å²) in [5.41, 5.74) is 8.85. The van der Waals surface area contributed by atoms with Gasteiger partial charge in [-0.25, -0.2) is 4.98 Å². The number of nitrogens with two attached hydrogens (primary N) is 1. The zero-order valence-corrected chi connectivity index (χ0v) is 17.1. The lowest BCUT2D eigenvalue weighted by Crippen LogP contribution is -2.26. The van der Waals surface area contributed by atoms with Crippen LogP contribution in [0.3, 0.4) is 0 Å². The summed E-state index contributed by atoms with van der Waals surface area (Å²) < 4.78 is 11.3. The zero-order valence-electron chi connectivity index (χ0n) is 16.4. The number of ether oxygens (including phenoxy) is 2. The molecule has 1 heterocycles. The van der Waals surface area contributed by atoms with Crippen molar-refractivity contribution in [3.63, 3.8) is 0 Å². The van der Waals surface area contributed by atoms with Gasteiger partial charge in [0.15, 0.2) is 0 Å². The zero-order chi connectivity index (χ0) is 20.1. The van der Waals surface area contributed by atoms with Crippen LogP contribution in [0.15, 0.2) is 18.2 Å². The van der Waals surface area contributed by atoms with Crippen LogP contribution in [-0.2, 0) is 4.74 Å². The van der Waals surface area contributed by atoms with Gasteiger partial charge in [-0.05, 0) is 56.5 Å². The van der Waals surface area contributed by atoms with E-state index < -0.39 is 5.91 Å². The number of carbonyl (C=O) groups excluding carboxylic acids is 1. The molecule has 1 amide bonds. The maximum atomic E-state index is 12.2. The molecule has 0 spiro atoms. The van der Waals surface area contributed by atoms with E-state index in [9.17, 15) is 4.79 Å². The van der Waals surface area contributed by atoms with Crippen molar-refractivity contribution in [2.75, 3.05) is 19.0 Å². The molecule has 0 fully saturated rings. The number of amides is 1. The van der Waals surface area contributed by atoms with Gasteiger partial charge in [0.2, 0.25) is 5.88 Å². The highest BCUT2D eigenvalue weighted by molar-refractivity contribution is 6.30. The van der Waals surface area contributed by atoms with Gasteiger partial charge in [0, 0.05) is 23.9 Å². The molecule has 0 aliphatic heterocycles. The first kappa shape index (κ1) is 21.0. The van der Waals surface area contributed by atoms with Crippen molar-refractivity contribution in [1.82, 2.24) is 4.98 Å². The quantitative estimate of drug-likeness (QED) is 0.696. The molecule has 27 heavy (non-hydrogen) atoms. The van der Waals surface area contributed by atoms with Gasteiger partial charge in [-0.2, -0.15) is 0 Å². The van der Waals surface area contributed by atoms with Gasteiger partial charge in [-0.1, -0.05) is 18.5 Å². The Hall–Kier alpha value is -2.31. The van der Waals surface area contributed by atoms with Gasteiger partial charge in [0.25, 0.3) is 5.91 Å². The van der Waals surface area contributed by atoms with Crippen molar-refractivity contribution >= 4 is 23.2 Å². The second-order valence-corrected chi connectivity index (χ2v) is 6.97. The summed E-state index contributed by atoms with van der Waals surface area (Å²) in [5, 5.41) is 3.94. The van der Waals surface area contributed by atoms with Gasteiger partial charge < -0.3 is 20.5 Å². The molecule has 0 aliphatic rings. The molecular weight excluding hydrogens is 366 g/mol. The highest BCUT2D eigenvalue weighted by Crippen LogP contribution is 2.34. The van der Waals surface area contributed by atoms with Crippen LogP contribution in [0.5, 0.6) is 11.6 Å². The average molecular weight is 392 g/mol. The number of nitrogens with one attached hydrogen (secondary N) is 1. The minimum absolute atomic E-state index is 0.0294. The first-order chi connectivity index (χ1) is 12.8. The largest absolute Gasteiger partial charge is 0.438 e. The lowest BCUT2D eigenvalue weighted by Gasteiger charge is -2.21. The third-order valence-electron chi connectivity index (χ3n) is 4.20. The molecule has 0 saturated heterocycles. The van der Waals surface area contributed by atoms with Crippen LogP contribution in [0.25, 0.3) is 0 Å². The number of nitrogens with zero attached hydrogens (tertiary/aromatic N) is 1. The van der Waals surface area contributed by atoms with E-state index in [4.69, 9.17) is 26.8 Å². The summed E-state index contributed by atoms with van der Waals surface area (Å²) in [6, 6.07) is 5.41. The van der Waals surface area contributed by atoms with Gasteiger partial charge in [0.05, 0.1) is 12.3 Å². The van der Waals surface area contributed by atoms with Crippen LogP contribution in [0, 0.1) is 20.8 Å². The summed E-state index contributed by atoms with van der Waals surface area (Å²) in [7, 11) is 1.64. The molecule has 0 radical (unpaired) electrons. The van der Waals surface area contributed by atoms with Crippen molar-refractivity contribution in [1.29, 1.82) is 0 Å². The Morgan fingerprint density at radius 3 is 2.41 bits per heavy atom. The van der Waals surface area contributed by atoms with E-state index in [-0.39, 0.29) is 17.5 Å². The first-order valence-corrected chi connectivity index (χ1v) is 9.16. The number of aromatic nitrogens is 1. The molecular formula is C20H26ClN3O3. The number of rotatable bonds is 8. The van der Waals surface area contributed by atoms with Gasteiger partial charge in [0.1, 0.15) is 11.3 Å². The number of methoxy groups -OCH3 is 1. The number of pyridine rings is 1. The van der Waals surface area contributed by atoms with E-state index >= 15 is 0 Å². The van der Waals surface area contributed by atoms with Crippen molar-refractivity contribution in [2.24, 2.45) is 5.73 Å². The van der Waals surface area contributed by atoms with E-state index in [2.05, 4.69) is 10.3 Å². The number of halogens is 1. The molecule has 0 saturated carbocycles. The Morgan fingerprint density at radius 2 is 1.89 bits per heavy atom. The van der Waals surface area contributed by atoms with Crippen LogP contribution in [-0.4, -0.2) is 30.6 Å². The number of benzene rings is 1. The van der Waals surface area contributed by atoms with Crippen LogP contribution in [0.4, 0.5) is 5.69 Å². The smallest absolute Gasteiger partial charge is 0.256 e. The number of anilines is 1. The molecule has 0 aliphatic carbocycles. The molecule has 1 unspecified atom stereocenters. The van der Waals surface area contributed by atoms with Crippen LogP contribution in [0.2, 0.25) is 5.02 Å². The summed E-state index contributed by atoms with van der Waals surface area (Å²) >= 11 is 6.09. The molecule has 2 aromatic rings. The molecule has 7 heteroatoms.